The van der Waals surface area contributed by atoms with Gasteiger partial charge in [-0.15, -0.1) is 0 Å². The Morgan fingerprint density at radius 2 is 1.71 bits per heavy atom. The largest absolute Gasteiger partial charge is 0.465 e. The Kier molecular flexibility index (Phi) is 11.7. The molecule has 0 saturated carbocycles. The smallest absolute Gasteiger partial charge is 0.405 e. The van der Waals surface area contributed by atoms with Gasteiger partial charge in [0.2, 0.25) is 17.6 Å². The Hall–Kier alpha value is -3.50. The summed E-state index contributed by atoms with van der Waals surface area (Å²) in [6.07, 6.45) is 3.16. The number of rotatable bonds is 14. The van der Waals surface area contributed by atoms with Gasteiger partial charge in [-0.3, -0.25) is 24.2 Å². The van der Waals surface area contributed by atoms with Gasteiger partial charge in [-0.25, -0.2) is 4.79 Å². The highest BCUT2D eigenvalue weighted by molar-refractivity contribution is 6.38. The SMILES string of the molecule is CCC(C)CC(NC(=O)O)C(=O)NC(C(=O)C(=O)NC(Cc1cccnc1)C(N)=O)C(C)CC. The number of ketones is 1. The van der Waals surface area contributed by atoms with Crippen molar-refractivity contribution in [3.8, 4) is 0 Å². The van der Waals surface area contributed by atoms with E-state index in [2.05, 4.69) is 20.9 Å². The van der Waals surface area contributed by atoms with Crippen LogP contribution in [0.1, 0.15) is 52.5 Å². The molecule has 1 heterocycles. The molecule has 11 heteroatoms. The second-order valence-corrected chi connectivity index (χ2v) is 8.48. The highest BCUT2D eigenvalue weighted by Gasteiger charge is 2.35. The van der Waals surface area contributed by atoms with Crippen molar-refractivity contribution in [3.63, 3.8) is 0 Å². The van der Waals surface area contributed by atoms with E-state index >= 15 is 0 Å². The number of carbonyl (C=O) groups is 5. The molecule has 5 unspecified atom stereocenters. The van der Waals surface area contributed by atoms with Crippen molar-refractivity contribution in [2.45, 2.75) is 71.5 Å². The summed E-state index contributed by atoms with van der Waals surface area (Å²) in [5.74, 6) is -3.92. The minimum Gasteiger partial charge on any atom is -0.465 e. The fourth-order valence-corrected chi connectivity index (χ4v) is 3.25. The summed E-state index contributed by atoms with van der Waals surface area (Å²) in [7, 11) is 0. The zero-order valence-electron chi connectivity index (χ0n) is 20.0. The molecule has 0 saturated heterocycles. The minimum atomic E-state index is -1.37. The zero-order chi connectivity index (χ0) is 25.8. The Balaban J connectivity index is 3.01. The molecule has 5 atom stereocenters. The first-order valence-corrected chi connectivity index (χ1v) is 11.3. The summed E-state index contributed by atoms with van der Waals surface area (Å²) in [5.41, 5.74) is 6.04. The fourth-order valence-electron chi connectivity index (χ4n) is 3.25. The molecule has 0 spiro atoms. The van der Waals surface area contributed by atoms with Crippen molar-refractivity contribution in [1.82, 2.24) is 20.9 Å². The lowest BCUT2D eigenvalue weighted by molar-refractivity contribution is -0.142. The number of carboxylic acid groups (broad SMARTS) is 1. The maximum atomic E-state index is 13.0. The molecule has 0 aliphatic heterocycles. The summed E-state index contributed by atoms with van der Waals surface area (Å²) in [6.45, 7) is 7.26. The third-order valence-corrected chi connectivity index (χ3v) is 5.78. The standard InChI is InChI=1S/C23H35N5O6/c1-5-13(3)10-17(27-23(33)34)21(31)28-18(14(4)6-2)19(29)22(32)26-16(20(24)30)11-15-8-7-9-25-12-15/h7-9,12-14,16-18,27H,5-6,10-11H2,1-4H3,(H2,24,30)(H,26,32)(H,28,31)(H,33,34). The van der Waals surface area contributed by atoms with Crippen LogP contribution in [0.5, 0.6) is 0 Å². The molecule has 6 N–H and O–H groups in total. The molecule has 0 aromatic carbocycles. The second kappa shape index (κ2) is 13.9. The molecule has 1 aromatic heterocycles. The van der Waals surface area contributed by atoms with Gasteiger partial charge in [-0.05, 0) is 29.9 Å². The number of amides is 4. The van der Waals surface area contributed by atoms with Crippen LogP contribution >= 0.6 is 0 Å². The van der Waals surface area contributed by atoms with Gasteiger partial charge in [0.05, 0.1) is 6.04 Å². The normalized spacial score (nSPS) is 15.2. The molecule has 0 radical (unpaired) electrons. The number of Topliss-reactive ketones (excluding diaryl/α,β-unsaturated/α-hetero) is 1. The third kappa shape index (κ3) is 9.16. The molecule has 0 aliphatic carbocycles. The second-order valence-electron chi connectivity index (χ2n) is 8.48. The average molecular weight is 478 g/mol. The van der Waals surface area contributed by atoms with Crippen molar-refractivity contribution in [2.75, 3.05) is 0 Å². The van der Waals surface area contributed by atoms with Crippen LogP contribution in [-0.2, 0) is 25.6 Å². The molecular weight excluding hydrogens is 442 g/mol. The number of aromatic nitrogens is 1. The molecule has 11 nitrogen and oxygen atoms in total. The first-order valence-electron chi connectivity index (χ1n) is 11.3. The van der Waals surface area contributed by atoms with Crippen LogP contribution in [0.4, 0.5) is 4.79 Å². The predicted molar refractivity (Wildman–Crippen MR) is 124 cm³/mol. The van der Waals surface area contributed by atoms with Crippen LogP contribution in [0.15, 0.2) is 24.5 Å². The summed E-state index contributed by atoms with van der Waals surface area (Å²) in [6, 6.07) is -0.0824. The van der Waals surface area contributed by atoms with Crippen LogP contribution in [-0.4, -0.2) is 57.8 Å². The lowest BCUT2D eigenvalue weighted by atomic mass is 9.93. The van der Waals surface area contributed by atoms with Crippen molar-refractivity contribution >= 4 is 29.6 Å². The highest BCUT2D eigenvalue weighted by Crippen LogP contribution is 2.13. The molecule has 0 bridgehead atoms. The van der Waals surface area contributed by atoms with Gasteiger partial charge in [0.25, 0.3) is 5.91 Å². The lowest BCUT2D eigenvalue weighted by Crippen LogP contribution is -2.57. The van der Waals surface area contributed by atoms with Gasteiger partial charge >= 0.3 is 6.09 Å². The van der Waals surface area contributed by atoms with Crippen LogP contribution < -0.4 is 21.7 Å². The third-order valence-electron chi connectivity index (χ3n) is 5.78. The molecule has 188 valence electrons. The number of carbonyl (C=O) groups excluding carboxylic acids is 4. The van der Waals surface area contributed by atoms with Crippen molar-refractivity contribution in [3.05, 3.63) is 30.1 Å². The molecule has 1 rings (SSSR count). The van der Waals surface area contributed by atoms with E-state index in [-0.39, 0.29) is 18.8 Å². The van der Waals surface area contributed by atoms with Gasteiger partial charge in [-0.1, -0.05) is 46.6 Å². The topological polar surface area (TPSA) is 181 Å². The fraction of sp³-hybridized carbons (Fsp3) is 0.565. The predicted octanol–water partition coefficient (Wildman–Crippen LogP) is 0.767. The number of nitrogens with two attached hydrogens (primary N) is 1. The quantitative estimate of drug-likeness (QED) is 0.245. The van der Waals surface area contributed by atoms with Crippen LogP contribution in [0, 0.1) is 11.8 Å². The number of hydrogen-bond donors (Lipinski definition) is 5. The molecule has 0 aliphatic rings. The Morgan fingerprint density at radius 3 is 2.21 bits per heavy atom. The highest BCUT2D eigenvalue weighted by atomic mass is 16.4. The lowest BCUT2D eigenvalue weighted by Gasteiger charge is -2.27. The molecule has 1 aromatic rings. The van der Waals surface area contributed by atoms with Crippen LogP contribution in [0.25, 0.3) is 0 Å². The number of primary amides is 1. The maximum Gasteiger partial charge on any atom is 0.405 e. The Bertz CT molecular complexity index is 863. The summed E-state index contributed by atoms with van der Waals surface area (Å²) >= 11 is 0. The van der Waals surface area contributed by atoms with Crippen molar-refractivity contribution in [2.24, 2.45) is 17.6 Å². The van der Waals surface area contributed by atoms with Gasteiger partial charge < -0.3 is 26.8 Å². The van der Waals surface area contributed by atoms with Crippen molar-refractivity contribution < 1.29 is 29.1 Å². The first kappa shape index (κ1) is 28.5. The van der Waals surface area contributed by atoms with Crippen LogP contribution in [0.2, 0.25) is 0 Å². The first-order chi connectivity index (χ1) is 16.0. The van der Waals surface area contributed by atoms with Gasteiger partial charge in [0.1, 0.15) is 12.1 Å². The van der Waals surface area contributed by atoms with E-state index in [4.69, 9.17) is 10.8 Å². The molecule has 0 fully saturated rings. The Labute approximate surface area is 199 Å². The number of nitrogens with zero attached hydrogens (tertiary/aromatic N) is 1. The van der Waals surface area contributed by atoms with Gasteiger partial charge in [0, 0.05) is 18.8 Å². The van der Waals surface area contributed by atoms with E-state index in [1.54, 1.807) is 32.2 Å². The zero-order valence-corrected chi connectivity index (χ0v) is 20.0. The minimum absolute atomic E-state index is 0.0437. The number of nitrogens with one attached hydrogen (secondary N) is 3. The Morgan fingerprint density at radius 1 is 1.03 bits per heavy atom. The number of pyridine rings is 1. The van der Waals surface area contributed by atoms with E-state index < -0.39 is 53.6 Å². The summed E-state index contributed by atoms with van der Waals surface area (Å²) in [5, 5.41) is 16.2. The molecular formula is C23H35N5O6. The van der Waals surface area contributed by atoms with Gasteiger partial charge in [0.15, 0.2) is 0 Å². The van der Waals surface area contributed by atoms with E-state index in [0.717, 1.165) is 6.42 Å². The monoisotopic (exact) mass is 477 g/mol. The average Bonchev–Trinajstić information content (AvgIpc) is 2.80. The summed E-state index contributed by atoms with van der Waals surface area (Å²) < 4.78 is 0. The van der Waals surface area contributed by atoms with E-state index in [0.29, 0.717) is 12.0 Å². The van der Waals surface area contributed by atoms with E-state index in [1.165, 1.54) is 6.20 Å². The molecule has 34 heavy (non-hydrogen) atoms. The van der Waals surface area contributed by atoms with E-state index in [1.807, 2.05) is 13.8 Å². The maximum absolute atomic E-state index is 13.0. The van der Waals surface area contributed by atoms with E-state index in [9.17, 15) is 24.0 Å². The molecule has 4 amide bonds. The van der Waals surface area contributed by atoms with Crippen LogP contribution in [0.3, 0.4) is 0 Å². The van der Waals surface area contributed by atoms with Crippen molar-refractivity contribution in [1.29, 1.82) is 0 Å². The van der Waals surface area contributed by atoms with Gasteiger partial charge in [-0.2, -0.15) is 0 Å². The number of hydrogen-bond acceptors (Lipinski definition) is 6. The summed E-state index contributed by atoms with van der Waals surface area (Å²) in [4.78, 5) is 65.5.